The molecule has 2 aromatic carbocycles. The summed E-state index contributed by atoms with van der Waals surface area (Å²) in [6.45, 7) is 4.09. The molecule has 0 aliphatic carbocycles. The lowest BCUT2D eigenvalue weighted by molar-refractivity contribution is 0.201. The number of nitrogens with one attached hydrogen (secondary N) is 1. The monoisotopic (exact) mass is 521 g/mol. The lowest BCUT2D eigenvalue weighted by Crippen LogP contribution is -2.31. The van der Waals surface area contributed by atoms with E-state index < -0.39 is 6.09 Å². The average Bonchev–Trinajstić information content (AvgIpc) is 2.94. The highest BCUT2D eigenvalue weighted by Gasteiger charge is 2.20. The van der Waals surface area contributed by atoms with E-state index in [-0.39, 0.29) is 18.3 Å². The Morgan fingerprint density at radius 3 is 2.66 bits per heavy atom. The van der Waals surface area contributed by atoms with Gasteiger partial charge in [-0.25, -0.2) is 9.78 Å². The third kappa shape index (κ3) is 7.48. The number of ether oxygens (including phenoxy) is 3. The molecule has 1 aliphatic rings. The fraction of sp³-hybridized carbons (Fsp3) is 0.393. The summed E-state index contributed by atoms with van der Waals surface area (Å²) in [4.78, 5) is 24.5. The first kappa shape index (κ1) is 27.0. The predicted octanol–water partition coefficient (Wildman–Crippen LogP) is 5.18. The van der Waals surface area contributed by atoms with Gasteiger partial charge in [0.15, 0.2) is 0 Å². The Hall–Kier alpha value is -4.05. The first-order valence-corrected chi connectivity index (χ1v) is 12.8. The Balaban J connectivity index is 1.40. The van der Waals surface area contributed by atoms with Crippen LogP contribution in [0.4, 0.5) is 22.2 Å². The second-order valence-electron chi connectivity index (χ2n) is 9.04. The number of nitrogens with zero attached hydrogens (tertiary/aromatic N) is 4. The maximum absolute atomic E-state index is 12.2. The fourth-order valence-electron chi connectivity index (χ4n) is 4.44. The van der Waals surface area contributed by atoms with Gasteiger partial charge in [-0.3, -0.25) is 4.90 Å². The number of hydrogen-bond donors (Lipinski definition) is 2. The summed E-state index contributed by atoms with van der Waals surface area (Å²) in [5.41, 5.74) is 1.39. The summed E-state index contributed by atoms with van der Waals surface area (Å²) < 4.78 is 16.7. The molecule has 1 amide bonds. The van der Waals surface area contributed by atoms with E-state index in [1.807, 2.05) is 24.3 Å². The zero-order valence-electron chi connectivity index (χ0n) is 21.9. The van der Waals surface area contributed by atoms with Gasteiger partial charge in [-0.2, -0.15) is 4.98 Å². The van der Waals surface area contributed by atoms with Crippen molar-refractivity contribution in [2.45, 2.75) is 32.2 Å². The molecule has 1 aliphatic heterocycles. The van der Waals surface area contributed by atoms with Crippen LogP contribution in [0.25, 0.3) is 0 Å². The zero-order valence-corrected chi connectivity index (χ0v) is 21.9. The molecule has 2 N–H and O–H groups in total. The quantitative estimate of drug-likeness (QED) is 0.312. The predicted molar refractivity (Wildman–Crippen MR) is 146 cm³/mol. The van der Waals surface area contributed by atoms with Crippen molar-refractivity contribution in [3.05, 3.63) is 60.3 Å². The SMILES string of the molecule is COc1ccc(OC)c(CN(C(=O)O)c2ccnc(Nc3cccc(OCCCN4CCCCC4)c3)n2)c1. The largest absolute Gasteiger partial charge is 0.497 e. The Bertz CT molecular complexity index is 1200. The highest BCUT2D eigenvalue weighted by atomic mass is 16.5. The van der Waals surface area contributed by atoms with Crippen molar-refractivity contribution in [1.29, 1.82) is 0 Å². The molecule has 3 aromatic rings. The van der Waals surface area contributed by atoms with Crippen LogP contribution in [0.1, 0.15) is 31.2 Å². The number of amides is 1. The van der Waals surface area contributed by atoms with Crippen LogP contribution in [0.5, 0.6) is 17.2 Å². The van der Waals surface area contributed by atoms with Crippen LogP contribution in [0.15, 0.2) is 54.7 Å². The van der Waals surface area contributed by atoms with Gasteiger partial charge in [0, 0.05) is 30.1 Å². The second kappa shape index (κ2) is 13.5. The highest BCUT2D eigenvalue weighted by molar-refractivity contribution is 5.85. The number of carbonyl (C=O) groups is 1. The van der Waals surface area contributed by atoms with Gasteiger partial charge in [0.1, 0.15) is 23.1 Å². The minimum atomic E-state index is -1.15. The molecule has 0 spiro atoms. The lowest BCUT2D eigenvalue weighted by atomic mass is 10.1. The van der Waals surface area contributed by atoms with Gasteiger partial charge >= 0.3 is 6.09 Å². The van der Waals surface area contributed by atoms with Crippen molar-refractivity contribution in [2.75, 3.05) is 50.7 Å². The van der Waals surface area contributed by atoms with Crippen LogP contribution in [0, 0.1) is 0 Å². The van der Waals surface area contributed by atoms with Gasteiger partial charge in [0.25, 0.3) is 0 Å². The average molecular weight is 522 g/mol. The molecule has 1 saturated heterocycles. The molecule has 0 saturated carbocycles. The number of carboxylic acid groups (broad SMARTS) is 1. The minimum absolute atomic E-state index is 0.0207. The van der Waals surface area contributed by atoms with Crippen LogP contribution >= 0.6 is 0 Å². The molecule has 38 heavy (non-hydrogen) atoms. The number of anilines is 3. The first-order valence-electron chi connectivity index (χ1n) is 12.8. The summed E-state index contributed by atoms with van der Waals surface area (Å²) in [7, 11) is 3.09. The van der Waals surface area contributed by atoms with E-state index in [0.717, 1.165) is 29.3 Å². The maximum atomic E-state index is 12.2. The van der Waals surface area contributed by atoms with Crippen LogP contribution in [-0.4, -0.2) is 66.5 Å². The second-order valence-corrected chi connectivity index (χ2v) is 9.04. The topological polar surface area (TPSA) is 109 Å². The first-order chi connectivity index (χ1) is 18.6. The summed E-state index contributed by atoms with van der Waals surface area (Å²) >= 11 is 0. The molecule has 0 radical (unpaired) electrons. The molecule has 0 atom stereocenters. The number of piperidine rings is 1. The number of likely N-dealkylation sites (tertiary alicyclic amines) is 1. The van der Waals surface area contributed by atoms with E-state index in [2.05, 4.69) is 20.2 Å². The number of aromatic nitrogens is 2. The fourth-order valence-corrected chi connectivity index (χ4v) is 4.44. The van der Waals surface area contributed by atoms with E-state index in [0.29, 0.717) is 23.7 Å². The van der Waals surface area contributed by atoms with Gasteiger partial charge in [-0.1, -0.05) is 12.5 Å². The minimum Gasteiger partial charge on any atom is -0.497 e. The molecule has 202 valence electrons. The zero-order chi connectivity index (χ0) is 26.7. The van der Waals surface area contributed by atoms with Crippen molar-refractivity contribution in [2.24, 2.45) is 0 Å². The van der Waals surface area contributed by atoms with E-state index >= 15 is 0 Å². The Labute approximate surface area is 223 Å². The van der Waals surface area contributed by atoms with Gasteiger partial charge in [-0.15, -0.1) is 0 Å². The van der Waals surface area contributed by atoms with Crippen molar-refractivity contribution >= 4 is 23.5 Å². The Morgan fingerprint density at radius 2 is 1.89 bits per heavy atom. The lowest BCUT2D eigenvalue weighted by Gasteiger charge is -2.26. The van der Waals surface area contributed by atoms with Gasteiger partial charge in [0.2, 0.25) is 5.95 Å². The molecular formula is C28H35N5O5. The molecule has 0 bridgehead atoms. The van der Waals surface area contributed by atoms with E-state index in [9.17, 15) is 9.90 Å². The van der Waals surface area contributed by atoms with Gasteiger partial charge in [0.05, 0.1) is 27.4 Å². The summed E-state index contributed by atoms with van der Waals surface area (Å²) in [6, 6.07) is 14.4. The maximum Gasteiger partial charge on any atom is 0.413 e. The standard InChI is InChI=1S/C28H35N5O5/c1-36-23-10-11-25(37-2)21(18-23)20-33(28(34)35)26-12-13-29-27(31-26)30-22-8-6-9-24(19-22)38-17-7-16-32-14-4-3-5-15-32/h6,8-13,18-19H,3-5,7,14-17,20H2,1-2H3,(H,34,35)(H,29,30,31). The van der Waals surface area contributed by atoms with Crippen molar-refractivity contribution in [3.63, 3.8) is 0 Å². The third-order valence-corrected chi connectivity index (χ3v) is 6.39. The van der Waals surface area contributed by atoms with Crippen molar-refractivity contribution in [1.82, 2.24) is 14.9 Å². The molecule has 0 unspecified atom stereocenters. The molecule has 1 fully saturated rings. The number of benzene rings is 2. The van der Waals surface area contributed by atoms with Crippen LogP contribution < -0.4 is 24.4 Å². The van der Waals surface area contributed by atoms with Gasteiger partial charge < -0.3 is 29.5 Å². The van der Waals surface area contributed by atoms with Crippen molar-refractivity contribution in [3.8, 4) is 17.2 Å². The van der Waals surface area contributed by atoms with Crippen LogP contribution in [0.2, 0.25) is 0 Å². The van der Waals surface area contributed by atoms with Gasteiger partial charge in [-0.05, 0) is 68.8 Å². The Morgan fingerprint density at radius 1 is 1.05 bits per heavy atom. The molecule has 4 rings (SSSR count). The van der Waals surface area contributed by atoms with E-state index in [1.165, 1.54) is 45.7 Å². The highest BCUT2D eigenvalue weighted by Crippen LogP contribution is 2.28. The molecular weight excluding hydrogens is 486 g/mol. The Kier molecular flexibility index (Phi) is 9.58. The molecule has 1 aromatic heterocycles. The molecule has 10 nitrogen and oxygen atoms in total. The summed E-state index contributed by atoms with van der Waals surface area (Å²) in [5.74, 6) is 2.41. The molecule has 2 heterocycles. The van der Waals surface area contributed by atoms with Crippen LogP contribution in [-0.2, 0) is 6.54 Å². The number of rotatable bonds is 12. The van der Waals surface area contributed by atoms with Crippen LogP contribution in [0.3, 0.4) is 0 Å². The normalized spacial score (nSPS) is 13.5. The van der Waals surface area contributed by atoms with E-state index in [1.54, 1.807) is 31.4 Å². The summed E-state index contributed by atoms with van der Waals surface area (Å²) in [5, 5.41) is 13.1. The number of hydrogen-bond acceptors (Lipinski definition) is 8. The third-order valence-electron chi connectivity index (χ3n) is 6.39. The molecule has 10 heteroatoms. The van der Waals surface area contributed by atoms with Crippen molar-refractivity contribution < 1.29 is 24.1 Å². The number of methoxy groups -OCH3 is 2. The smallest absolute Gasteiger partial charge is 0.413 e. The van der Waals surface area contributed by atoms with E-state index in [4.69, 9.17) is 14.2 Å². The summed E-state index contributed by atoms with van der Waals surface area (Å²) in [6.07, 6.45) is 5.26.